The fourth-order valence-electron chi connectivity index (χ4n) is 3.72. The van der Waals surface area contributed by atoms with Gasteiger partial charge in [-0.15, -0.1) is 0 Å². The van der Waals surface area contributed by atoms with Gasteiger partial charge in [-0.2, -0.15) is 0 Å². The molecule has 180 valence electrons. The number of aliphatic hydroxyl groups excluding tert-OH is 2. The largest absolute Gasteiger partial charge is 0.493 e. The third kappa shape index (κ3) is 5.64. The first-order valence-electron chi connectivity index (χ1n) is 11.0. The van der Waals surface area contributed by atoms with Gasteiger partial charge < -0.3 is 34.5 Å². The smallest absolute Gasteiger partial charge is 0.231 e. The molecule has 1 aliphatic heterocycles. The van der Waals surface area contributed by atoms with Crippen molar-refractivity contribution in [1.82, 2.24) is 5.32 Å². The Hall–Kier alpha value is -2.78. The van der Waals surface area contributed by atoms with Gasteiger partial charge in [-0.05, 0) is 63.8 Å². The fourth-order valence-corrected chi connectivity index (χ4v) is 4.33. The Labute approximate surface area is 207 Å². The first-order chi connectivity index (χ1) is 16.5. The van der Waals surface area contributed by atoms with Crippen molar-refractivity contribution in [2.24, 2.45) is 0 Å². The summed E-state index contributed by atoms with van der Waals surface area (Å²) in [6, 6.07) is 18.5. The van der Waals surface area contributed by atoms with Crippen LogP contribution in [0.15, 0.2) is 65.1 Å². The summed E-state index contributed by atoms with van der Waals surface area (Å²) in [5.74, 6) is 2.32. The standard InChI is InChI=1S/C26H28BrNO6/c1-16(25(30)18-6-4-3-5-7-18)28-13-17-10-20(27)26(24(11-17)31-2)32-14-21(29)19-8-9-22-23(12-19)34-15-33-22/h3-12,16,21,25,28-30H,13-15H2,1-2H3. The third-order valence-corrected chi connectivity index (χ3v) is 6.29. The Morgan fingerprint density at radius 1 is 1.00 bits per heavy atom. The molecule has 1 aliphatic rings. The molecule has 0 bridgehead atoms. The number of ether oxygens (including phenoxy) is 4. The van der Waals surface area contributed by atoms with Crippen LogP contribution in [0.5, 0.6) is 23.0 Å². The molecule has 0 aliphatic carbocycles. The lowest BCUT2D eigenvalue weighted by Gasteiger charge is -2.21. The summed E-state index contributed by atoms with van der Waals surface area (Å²) in [6.07, 6.45) is -1.47. The third-order valence-electron chi connectivity index (χ3n) is 5.70. The maximum atomic E-state index is 10.6. The van der Waals surface area contributed by atoms with Gasteiger partial charge in [0.2, 0.25) is 6.79 Å². The average Bonchev–Trinajstić information content (AvgIpc) is 3.34. The molecule has 4 rings (SSSR count). The minimum absolute atomic E-state index is 0.0342. The summed E-state index contributed by atoms with van der Waals surface area (Å²) in [5, 5.41) is 24.5. The molecule has 0 amide bonds. The lowest BCUT2D eigenvalue weighted by Crippen LogP contribution is -2.31. The fraction of sp³-hybridized carbons (Fsp3) is 0.308. The van der Waals surface area contributed by atoms with E-state index in [0.29, 0.717) is 39.6 Å². The molecule has 3 N–H and O–H groups in total. The van der Waals surface area contributed by atoms with Crippen molar-refractivity contribution < 1.29 is 29.2 Å². The Bertz CT molecular complexity index is 1110. The van der Waals surface area contributed by atoms with Crippen LogP contribution in [0.3, 0.4) is 0 Å². The van der Waals surface area contributed by atoms with Crippen LogP contribution in [0.1, 0.15) is 35.8 Å². The molecule has 0 aromatic heterocycles. The van der Waals surface area contributed by atoms with E-state index < -0.39 is 12.2 Å². The Morgan fingerprint density at radius 2 is 1.76 bits per heavy atom. The second kappa shape index (κ2) is 11.1. The van der Waals surface area contributed by atoms with Gasteiger partial charge in [-0.3, -0.25) is 0 Å². The first-order valence-corrected chi connectivity index (χ1v) is 11.8. The van der Waals surface area contributed by atoms with E-state index in [4.69, 9.17) is 18.9 Å². The molecular formula is C26H28BrNO6. The van der Waals surface area contributed by atoms with Crippen molar-refractivity contribution in [2.45, 2.75) is 31.7 Å². The monoisotopic (exact) mass is 529 g/mol. The summed E-state index contributed by atoms with van der Waals surface area (Å²) < 4.78 is 22.9. The van der Waals surface area contributed by atoms with Crippen LogP contribution in [0.25, 0.3) is 0 Å². The maximum absolute atomic E-state index is 10.6. The highest BCUT2D eigenvalue weighted by Gasteiger charge is 2.20. The molecule has 1 heterocycles. The molecule has 0 saturated carbocycles. The molecule has 0 saturated heterocycles. The van der Waals surface area contributed by atoms with Gasteiger partial charge >= 0.3 is 0 Å². The van der Waals surface area contributed by atoms with Gasteiger partial charge in [0, 0.05) is 12.6 Å². The predicted molar refractivity (Wildman–Crippen MR) is 131 cm³/mol. The maximum Gasteiger partial charge on any atom is 0.231 e. The topological polar surface area (TPSA) is 89.4 Å². The molecule has 3 atom stereocenters. The van der Waals surface area contributed by atoms with Gasteiger partial charge in [0.05, 0.1) is 17.7 Å². The zero-order valence-electron chi connectivity index (χ0n) is 19.0. The molecule has 34 heavy (non-hydrogen) atoms. The molecule has 0 fully saturated rings. The van der Waals surface area contributed by atoms with E-state index in [1.54, 1.807) is 25.3 Å². The van der Waals surface area contributed by atoms with Crippen LogP contribution in [0.2, 0.25) is 0 Å². The van der Waals surface area contributed by atoms with Crippen molar-refractivity contribution in [2.75, 3.05) is 20.5 Å². The molecule has 0 spiro atoms. The van der Waals surface area contributed by atoms with Gasteiger partial charge in [-0.25, -0.2) is 0 Å². The number of aliphatic hydroxyl groups is 2. The van der Waals surface area contributed by atoms with Gasteiger partial charge in [0.25, 0.3) is 0 Å². The summed E-state index contributed by atoms with van der Waals surface area (Å²) in [4.78, 5) is 0. The van der Waals surface area contributed by atoms with Crippen LogP contribution >= 0.6 is 15.9 Å². The Balaban J connectivity index is 1.38. The number of benzene rings is 3. The minimum Gasteiger partial charge on any atom is -0.493 e. The van der Waals surface area contributed by atoms with Gasteiger partial charge in [0.15, 0.2) is 23.0 Å². The number of nitrogens with one attached hydrogen (secondary N) is 1. The zero-order chi connectivity index (χ0) is 24.1. The number of methoxy groups -OCH3 is 1. The highest BCUT2D eigenvalue weighted by molar-refractivity contribution is 9.10. The molecular weight excluding hydrogens is 502 g/mol. The zero-order valence-corrected chi connectivity index (χ0v) is 20.6. The second-order valence-corrected chi connectivity index (χ2v) is 8.93. The predicted octanol–water partition coefficient (Wildman–Crippen LogP) is 4.51. The van der Waals surface area contributed by atoms with Crippen LogP contribution in [-0.2, 0) is 6.54 Å². The first kappa shape index (κ1) is 24.3. The van der Waals surface area contributed by atoms with Crippen molar-refractivity contribution in [1.29, 1.82) is 0 Å². The quantitative estimate of drug-likeness (QED) is 0.356. The number of hydrogen-bond acceptors (Lipinski definition) is 7. The highest BCUT2D eigenvalue weighted by atomic mass is 79.9. The minimum atomic E-state index is -0.854. The number of halogens is 1. The Kier molecular flexibility index (Phi) is 7.95. The highest BCUT2D eigenvalue weighted by Crippen LogP contribution is 2.38. The van der Waals surface area contributed by atoms with Crippen LogP contribution in [-0.4, -0.2) is 36.8 Å². The van der Waals surface area contributed by atoms with E-state index in [-0.39, 0.29) is 19.4 Å². The van der Waals surface area contributed by atoms with Crippen LogP contribution in [0, 0.1) is 0 Å². The van der Waals surface area contributed by atoms with Crippen molar-refractivity contribution in [3.63, 3.8) is 0 Å². The normalized spacial score (nSPS) is 15.0. The van der Waals surface area contributed by atoms with Crippen molar-refractivity contribution in [3.05, 3.63) is 81.8 Å². The van der Waals surface area contributed by atoms with Gasteiger partial charge in [0.1, 0.15) is 12.7 Å². The Morgan fingerprint density at radius 3 is 2.53 bits per heavy atom. The lowest BCUT2D eigenvalue weighted by atomic mass is 10.0. The molecule has 3 aromatic rings. The second-order valence-electron chi connectivity index (χ2n) is 8.07. The van der Waals surface area contributed by atoms with Gasteiger partial charge in [-0.1, -0.05) is 36.4 Å². The van der Waals surface area contributed by atoms with E-state index >= 15 is 0 Å². The summed E-state index contributed by atoms with van der Waals surface area (Å²) in [7, 11) is 1.57. The van der Waals surface area contributed by atoms with Crippen LogP contribution < -0.4 is 24.3 Å². The average molecular weight is 530 g/mol. The lowest BCUT2D eigenvalue weighted by molar-refractivity contribution is 0.105. The van der Waals surface area contributed by atoms with Crippen molar-refractivity contribution in [3.8, 4) is 23.0 Å². The van der Waals surface area contributed by atoms with E-state index in [1.165, 1.54) is 0 Å². The SMILES string of the molecule is COc1cc(CNC(C)C(O)c2ccccc2)cc(Br)c1OCC(O)c1ccc2c(c1)OCO2. The van der Waals surface area contributed by atoms with Crippen molar-refractivity contribution >= 4 is 15.9 Å². The summed E-state index contributed by atoms with van der Waals surface area (Å²) in [5.41, 5.74) is 2.50. The van der Waals surface area contributed by atoms with E-state index in [9.17, 15) is 10.2 Å². The number of hydrogen-bond donors (Lipinski definition) is 3. The molecule has 3 aromatic carbocycles. The number of rotatable bonds is 10. The molecule has 3 unspecified atom stereocenters. The van der Waals surface area contributed by atoms with E-state index in [2.05, 4.69) is 21.2 Å². The van der Waals surface area contributed by atoms with E-state index in [0.717, 1.165) is 11.1 Å². The summed E-state index contributed by atoms with van der Waals surface area (Å²) >= 11 is 3.56. The number of fused-ring (bicyclic) bond motifs is 1. The van der Waals surface area contributed by atoms with Crippen LogP contribution in [0.4, 0.5) is 0 Å². The molecule has 8 heteroatoms. The molecule has 0 radical (unpaired) electrons. The molecule has 7 nitrogen and oxygen atoms in total. The summed E-state index contributed by atoms with van der Waals surface area (Å²) in [6.45, 7) is 2.69. The van der Waals surface area contributed by atoms with E-state index in [1.807, 2.05) is 49.4 Å².